The number of fused-ring (bicyclic) bond motifs is 1. The van der Waals surface area contributed by atoms with Crippen LogP contribution in [0.15, 0.2) is 83.8 Å². The highest BCUT2D eigenvalue weighted by Gasteiger charge is 2.30. The van der Waals surface area contributed by atoms with Crippen LogP contribution in [0, 0.1) is 5.82 Å². The molecule has 0 bridgehead atoms. The molecule has 6 nitrogen and oxygen atoms in total. The molecule has 2 heterocycles. The van der Waals surface area contributed by atoms with E-state index < -0.39 is 15.8 Å². The molecule has 0 radical (unpaired) electrons. The molecule has 1 aliphatic heterocycles. The van der Waals surface area contributed by atoms with Crippen LogP contribution in [-0.2, 0) is 10.0 Å². The SMILES string of the molecule is O=S(=O)(c1ccc(F)cc1)N1CCN(c2nc3ccccc3nc2-c2ccccc2)CC1. The third-order valence-corrected chi connectivity index (χ3v) is 7.50. The van der Waals surface area contributed by atoms with E-state index in [1.807, 2.05) is 54.6 Å². The van der Waals surface area contributed by atoms with Gasteiger partial charge in [-0.3, -0.25) is 0 Å². The molecule has 1 aromatic heterocycles. The van der Waals surface area contributed by atoms with E-state index in [2.05, 4.69) is 4.90 Å². The Bertz CT molecular complexity index is 1350. The van der Waals surface area contributed by atoms with E-state index in [4.69, 9.17) is 9.97 Å². The van der Waals surface area contributed by atoms with Crippen molar-refractivity contribution in [1.29, 1.82) is 0 Å². The number of sulfonamides is 1. The van der Waals surface area contributed by atoms with Crippen molar-refractivity contribution in [2.24, 2.45) is 0 Å². The number of hydrogen-bond donors (Lipinski definition) is 0. The van der Waals surface area contributed by atoms with Crippen molar-refractivity contribution >= 4 is 26.9 Å². The lowest BCUT2D eigenvalue weighted by Gasteiger charge is -2.35. The van der Waals surface area contributed by atoms with Crippen molar-refractivity contribution in [3.05, 3.63) is 84.7 Å². The van der Waals surface area contributed by atoms with E-state index in [-0.39, 0.29) is 4.90 Å². The zero-order valence-electron chi connectivity index (χ0n) is 17.2. The molecule has 162 valence electrons. The summed E-state index contributed by atoms with van der Waals surface area (Å²) in [6.07, 6.45) is 0. The number of piperazine rings is 1. The third kappa shape index (κ3) is 3.83. The quantitative estimate of drug-likeness (QED) is 0.473. The number of para-hydroxylation sites is 2. The number of aromatic nitrogens is 2. The van der Waals surface area contributed by atoms with Gasteiger partial charge < -0.3 is 4.90 Å². The fourth-order valence-corrected chi connectivity index (χ4v) is 5.32. The minimum atomic E-state index is -3.68. The van der Waals surface area contributed by atoms with Crippen LogP contribution in [0.2, 0.25) is 0 Å². The molecule has 0 N–H and O–H groups in total. The number of nitrogens with zero attached hydrogens (tertiary/aromatic N) is 4. The van der Waals surface area contributed by atoms with Crippen LogP contribution in [-0.4, -0.2) is 48.9 Å². The average Bonchev–Trinajstić information content (AvgIpc) is 2.84. The average molecular weight is 449 g/mol. The predicted molar refractivity (Wildman–Crippen MR) is 122 cm³/mol. The van der Waals surface area contributed by atoms with E-state index >= 15 is 0 Å². The molecule has 0 saturated carbocycles. The van der Waals surface area contributed by atoms with Gasteiger partial charge in [-0.2, -0.15) is 4.31 Å². The molecule has 1 aliphatic rings. The monoisotopic (exact) mass is 448 g/mol. The first-order valence-corrected chi connectivity index (χ1v) is 11.8. The summed E-state index contributed by atoms with van der Waals surface area (Å²) in [5.74, 6) is 0.283. The second-order valence-electron chi connectivity index (χ2n) is 7.60. The first-order valence-electron chi connectivity index (χ1n) is 10.4. The van der Waals surface area contributed by atoms with Gasteiger partial charge in [-0.1, -0.05) is 42.5 Å². The summed E-state index contributed by atoms with van der Waals surface area (Å²) >= 11 is 0. The van der Waals surface area contributed by atoms with Gasteiger partial charge in [0.1, 0.15) is 11.5 Å². The zero-order chi connectivity index (χ0) is 22.1. The van der Waals surface area contributed by atoms with Crippen LogP contribution in [0.1, 0.15) is 0 Å². The lowest BCUT2D eigenvalue weighted by molar-refractivity contribution is 0.384. The van der Waals surface area contributed by atoms with E-state index in [0.717, 1.165) is 28.1 Å². The van der Waals surface area contributed by atoms with Crippen LogP contribution >= 0.6 is 0 Å². The Morgan fingerprint density at radius 3 is 1.97 bits per heavy atom. The smallest absolute Gasteiger partial charge is 0.243 e. The maximum absolute atomic E-state index is 13.2. The van der Waals surface area contributed by atoms with Crippen LogP contribution in [0.25, 0.3) is 22.3 Å². The van der Waals surface area contributed by atoms with Crippen molar-refractivity contribution in [2.45, 2.75) is 4.90 Å². The Hall–Kier alpha value is -3.36. The number of anilines is 1. The molecule has 0 unspecified atom stereocenters. The highest BCUT2D eigenvalue weighted by atomic mass is 32.2. The fourth-order valence-electron chi connectivity index (χ4n) is 3.90. The fraction of sp³-hybridized carbons (Fsp3) is 0.167. The van der Waals surface area contributed by atoms with Gasteiger partial charge in [0.25, 0.3) is 0 Å². The number of benzene rings is 3. The molecule has 0 atom stereocenters. The van der Waals surface area contributed by atoms with E-state index in [0.29, 0.717) is 26.2 Å². The molecular formula is C24H21FN4O2S. The highest BCUT2D eigenvalue weighted by molar-refractivity contribution is 7.89. The molecule has 3 aromatic carbocycles. The molecule has 5 rings (SSSR count). The summed E-state index contributed by atoms with van der Waals surface area (Å²) < 4.78 is 40.6. The minimum Gasteiger partial charge on any atom is -0.352 e. The van der Waals surface area contributed by atoms with E-state index in [1.165, 1.54) is 28.6 Å². The van der Waals surface area contributed by atoms with E-state index in [9.17, 15) is 12.8 Å². The van der Waals surface area contributed by atoms with Gasteiger partial charge in [0.05, 0.1) is 15.9 Å². The highest BCUT2D eigenvalue weighted by Crippen LogP contribution is 2.31. The summed E-state index contributed by atoms with van der Waals surface area (Å²) in [5, 5.41) is 0. The Morgan fingerprint density at radius 2 is 1.31 bits per heavy atom. The van der Waals surface area contributed by atoms with Gasteiger partial charge in [-0.05, 0) is 36.4 Å². The molecular weight excluding hydrogens is 427 g/mol. The van der Waals surface area contributed by atoms with E-state index in [1.54, 1.807) is 0 Å². The Balaban J connectivity index is 1.45. The normalized spacial score (nSPS) is 15.2. The Labute approximate surface area is 186 Å². The summed E-state index contributed by atoms with van der Waals surface area (Å²) in [6.45, 7) is 1.57. The van der Waals surface area contributed by atoms with Crippen molar-refractivity contribution in [3.63, 3.8) is 0 Å². The topological polar surface area (TPSA) is 66.4 Å². The largest absolute Gasteiger partial charge is 0.352 e. The van der Waals surface area contributed by atoms with Crippen LogP contribution in [0.3, 0.4) is 0 Å². The molecule has 1 saturated heterocycles. The first kappa shape index (κ1) is 20.5. The van der Waals surface area contributed by atoms with Gasteiger partial charge >= 0.3 is 0 Å². The van der Waals surface area contributed by atoms with Gasteiger partial charge in [-0.15, -0.1) is 0 Å². The summed E-state index contributed by atoms with van der Waals surface area (Å²) in [4.78, 5) is 11.9. The summed E-state index contributed by atoms with van der Waals surface area (Å²) in [7, 11) is -3.68. The number of hydrogen-bond acceptors (Lipinski definition) is 5. The molecule has 32 heavy (non-hydrogen) atoms. The Kier molecular flexibility index (Phi) is 5.32. The second-order valence-corrected chi connectivity index (χ2v) is 9.53. The van der Waals surface area contributed by atoms with Gasteiger partial charge in [-0.25, -0.2) is 22.8 Å². The molecule has 0 spiro atoms. The van der Waals surface area contributed by atoms with Crippen LogP contribution in [0.5, 0.6) is 0 Å². The van der Waals surface area contributed by atoms with Gasteiger partial charge in [0.2, 0.25) is 10.0 Å². The van der Waals surface area contributed by atoms with Crippen molar-refractivity contribution in [3.8, 4) is 11.3 Å². The van der Waals surface area contributed by atoms with Crippen molar-refractivity contribution in [1.82, 2.24) is 14.3 Å². The molecule has 8 heteroatoms. The van der Waals surface area contributed by atoms with Crippen molar-refractivity contribution < 1.29 is 12.8 Å². The third-order valence-electron chi connectivity index (χ3n) is 5.59. The lowest BCUT2D eigenvalue weighted by atomic mass is 10.1. The second kappa shape index (κ2) is 8.29. The predicted octanol–water partition coefficient (Wildman–Crippen LogP) is 3.95. The Morgan fingerprint density at radius 1 is 0.719 bits per heavy atom. The van der Waals surface area contributed by atoms with Crippen molar-refractivity contribution in [2.75, 3.05) is 31.1 Å². The molecule has 4 aromatic rings. The van der Waals surface area contributed by atoms with Crippen LogP contribution in [0.4, 0.5) is 10.2 Å². The maximum Gasteiger partial charge on any atom is 0.243 e. The van der Waals surface area contributed by atoms with Crippen LogP contribution < -0.4 is 4.90 Å². The number of halogens is 1. The standard InChI is InChI=1S/C24H21FN4O2S/c25-19-10-12-20(13-11-19)32(30,31)29-16-14-28(15-17-29)24-23(18-6-2-1-3-7-18)26-21-8-4-5-9-22(21)27-24/h1-13H,14-17H2. The molecule has 1 fully saturated rings. The first-order chi connectivity index (χ1) is 15.5. The summed E-state index contributed by atoms with van der Waals surface area (Å²) in [6, 6.07) is 22.5. The zero-order valence-corrected chi connectivity index (χ0v) is 18.0. The maximum atomic E-state index is 13.2. The lowest BCUT2D eigenvalue weighted by Crippen LogP contribution is -2.49. The number of rotatable bonds is 4. The summed E-state index contributed by atoms with van der Waals surface area (Å²) in [5.41, 5.74) is 3.34. The van der Waals surface area contributed by atoms with Gasteiger partial charge in [0.15, 0.2) is 5.82 Å². The van der Waals surface area contributed by atoms with Gasteiger partial charge in [0, 0.05) is 31.7 Å². The molecule has 0 amide bonds. The minimum absolute atomic E-state index is 0.0998. The molecule has 0 aliphatic carbocycles.